The van der Waals surface area contributed by atoms with Crippen LogP contribution >= 0.6 is 15.9 Å². The monoisotopic (exact) mass is 448 g/mol. The molecule has 0 radical (unpaired) electrons. The lowest BCUT2D eigenvalue weighted by atomic mass is 10.1. The zero-order valence-corrected chi connectivity index (χ0v) is 17.0. The maximum Gasteiger partial charge on any atom is 0.332 e. The van der Waals surface area contributed by atoms with Crippen molar-refractivity contribution in [1.82, 2.24) is 9.13 Å². The first-order valence-corrected chi connectivity index (χ1v) is 9.89. The molecule has 1 heterocycles. The van der Waals surface area contributed by atoms with Gasteiger partial charge in [0.05, 0.1) is 24.0 Å². The molecule has 0 aliphatic heterocycles. The van der Waals surface area contributed by atoms with Crippen molar-refractivity contribution in [3.63, 3.8) is 0 Å². The van der Waals surface area contributed by atoms with Crippen molar-refractivity contribution >= 4 is 32.6 Å². The second-order valence-electron chi connectivity index (χ2n) is 6.69. The molecule has 0 saturated heterocycles. The Morgan fingerprint density at radius 2 is 1.45 bits per heavy atom. The molecule has 0 amide bonds. The molecule has 29 heavy (non-hydrogen) atoms. The largest absolute Gasteiger partial charge is 0.332 e. The van der Waals surface area contributed by atoms with E-state index in [4.69, 9.17) is 0 Å². The number of hydrogen-bond acceptors (Lipinski definition) is 3. The minimum absolute atomic E-state index is 0.143. The Morgan fingerprint density at radius 3 is 2.17 bits per heavy atom. The molecule has 0 aliphatic carbocycles. The summed E-state index contributed by atoms with van der Waals surface area (Å²) in [6.07, 6.45) is 0. The molecule has 4 rings (SSSR count). The van der Waals surface area contributed by atoms with Gasteiger partial charge in [-0.1, -0.05) is 70.5 Å². The Hall–Kier alpha value is -3.25. The number of benzene rings is 3. The predicted molar refractivity (Wildman–Crippen MR) is 116 cm³/mol. The topological polar surface area (TPSA) is 61.1 Å². The van der Waals surface area contributed by atoms with Crippen LogP contribution in [0, 0.1) is 0 Å². The van der Waals surface area contributed by atoms with Gasteiger partial charge in [0.15, 0.2) is 5.78 Å². The second-order valence-corrected chi connectivity index (χ2v) is 7.61. The van der Waals surface area contributed by atoms with E-state index in [1.807, 2.05) is 30.3 Å². The highest BCUT2D eigenvalue weighted by molar-refractivity contribution is 9.10. The summed E-state index contributed by atoms with van der Waals surface area (Å²) in [6, 6.07) is 23.2. The number of para-hydroxylation sites is 1. The van der Waals surface area contributed by atoms with E-state index in [2.05, 4.69) is 15.9 Å². The van der Waals surface area contributed by atoms with Gasteiger partial charge in [0.2, 0.25) is 0 Å². The SMILES string of the molecule is O=C(Cn1c(=O)n(Cc2ccccc2)c(=O)c2ccccc21)c1ccc(Br)cc1. The molecule has 0 unspecified atom stereocenters. The van der Waals surface area contributed by atoms with Crippen molar-refractivity contribution in [2.75, 3.05) is 0 Å². The molecule has 0 saturated carbocycles. The first kappa shape index (κ1) is 19.1. The fraction of sp³-hybridized carbons (Fsp3) is 0.0870. The van der Waals surface area contributed by atoms with Crippen molar-refractivity contribution in [1.29, 1.82) is 0 Å². The zero-order valence-electron chi connectivity index (χ0n) is 15.4. The van der Waals surface area contributed by atoms with E-state index >= 15 is 0 Å². The lowest BCUT2D eigenvalue weighted by Gasteiger charge is -2.14. The Kier molecular flexibility index (Phi) is 5.27. The van der Waals surface area contributed by atoms with Gasteiger partial charge in [-0.3, -0.25) is 18.7 Å². The minimum Gasteiger partial charge on any atom is -0.292 e. The van der Waals surface area contributed by atoms with Crippen molar-refractivity contribution in [2.24, 2.45) is 0 Å². The highest BCUT2D eigenvalue weighted by Crippen LogP contribution is 2.13. The average Bonchev–Trinajstić information content (AvgIpc) is 2.75. The Morgan fingerprint density at radius 1 is 0.793 bits per heavy atom. The van der Waals surface area contributed by atoms with Crippen LogP contribution < -0.4 is 11.2 Å². The maximum absolute atomic E-state index is 13.2. The molecule has 0 fully saturated rings. The van der Waals surface area contributed by atoms with E-state index in [1.165, 1.54) is 9.13 Å². The van der Waals surface area contributed by atoms with Crippen LogP contribution in [0.4, 0.5) is 0 Å². The third-order valence-electron chi connectivity index (χ3n) is 4.78. The molecule has 0 aliphatic rings. The average molecular weight is 449 g/mol. The highest BCUT2D eigenvalue weighted by atomic mass is 79.9. The Bertz CT molecular complexity index is 1310. The van der Waals surface area contributed by atoms with Crippen molar-refractivity contribution < 1.29 is 4.79 Å². The highest BCUT2D eigenvalue weighted by Gasteiger charge is 2.16. The maximum atomic E-state index is 13.2. The second kappa shape index (κ2) is 8.01. The molecule has 0 spiro atoms. The summed E-state index contributed by atoms with van der Waals surface area (Å²) in [5.74, 6) is -0.199. The predicted octanol–water partition coefficient (Wildman–Crippen LogP) is 3.86. The number of fused-ring (bicyclic) bond motifs is 1. The zero-order chi connectivity index (χ0) is 20.4. The van der Waals surface area contributed by atoms with E-state index in [9.17, 15) is 14.4 Å². The molecule has 0 atom stereocenters. The molecule has 5 nitrogen and oxygen atoms in total. The number of rotatable bonds is 5. The third-order valence-corrected chi connectivity index (χ3v) is 5.31. The summed E-state index contributed by atoms with van der Waals surface area (Å²) in [7, 11) is 0. The molecule has 4 aromatic rings. The summed E-state index contributed by atoms with van der Waals surface area (Å²) in [5.41, 5.74) is 0.944. The Balaban J connectivity index is 1.84. The van der Waals surface area contributed by atoms with Gasteiger partial charge in [-0.2, -0.15) is 0 Å². The van der Waals surface area contributed by atoms with Gasteiger partial charge < -0.3 is 0 Å². The number of carbonyl (C=O) groups excluding carboxylic acids is 1. The van der Waals surface area contributed by atoms with Crippen LogP contribution in [-0.2, 0) is 13.1 Å². The molecule has 3 aromatic carbocycles. The lowest BCUT2D eigenvalue weighted by Crippen LogP contribution is -2.41. The molecule has 144 valence electrons. The van der Waals surface area contributed by atoms with Crippen LogP contribution in [0.2, 0.25) is 0 Å². The Labute approximate surface area is 175 Å². The van der Waals surface area contributed by atoms with Crippen molar-refractivity contribution in [3.8, 4) is 0 Å². The van der Waals surface area contributed by atoms with Crippen LogP contribution in [0.25, 0.3) is 10.9 Å². The van der Waals surface area contributed by atoms with Crippen LogP contribution in [-0.4, -0.2) is 14.9 Å². The van der Waals surface area contributed by atoms with E-state index in [1.54, 1.807) is 48.5 Å². The van der Waals surface area contributed by atoms with Crippen LogP contribution in [0.5, 0.6) is 0 Å². The van der Waals surface area contributed by atoms with Crippen molar-refractivity contribution in [2.45, 2.75) is 13.1 Å². The van der Waals surface area contributed by atoms with Crippen LogP contribution in [0.3, 0.4) is 0 Å². The van der Waals surface area contributed by atoms with Crippen LogP contribution in [0.1, 0.15) is 15.9 Å². The molecular formula is C23H17BrN2O3. The van der Waals surface area contributed by atoms with Gasteiger partial charge >= 0.3 is 5.69 Å². The van der Waals surface area contributed by atoms with Gasteiger partial charge in [-0.05, 0) is 29.8 Å². The third kappa shape index (κ3) is 3.84. The number of Topliss-reactive ketones (excluding diaryl/α,β-unsaturated/α-hetero) is 1. The van der Waals surface area contributed by atoms with E-state index in [0.29, 0.717) is 16.5 Å². The molecule has 1 aromatic heterocycles. The van der Waals surface area contributed by atoms with Gasteiger partial charge in [0.1, 0.15) is 0 Å². The number of hydrogen-bond donors (Lipinski definition) is 0. The van der Waals surface area contributed by atoms with Gasteiger partial charge in [-0.15, -0.1) is 0 Å². The smallest absolute Gasteiger partial charge is 0.292 e. The minimum atomic E-state index is -0.497. The molecular weight excluding hydrogens is 432 g/mol. The van der Waals surface area contributed by atoms with Gasteiger partial charge in [0.25, 0.3) is 5.56 Å². The number of ketones is 1. The number of aromatic nitrogens is 2. The lowest BCUT2D eigenvalue weighted by molar-refractivity contribution is 0.0971. The fourth-order valence-electron chi connectivity index (χ4n) is 3.30. The van der Waals surface area contributed by atoms with Gasteiger partial charge in [0, 0.05) is 10.0 Å². The fourth-order valence-corrected chi connectivity index (χ4v) is 3.56. The van der Waals surface area contributed by atoms with E-state index in [0.717, 1.165) is 10.0 Å². The molecule has 0 bridgehead atoms. The molecule has 6 heteroatoms. The summed E-state index contributed by atoms with van der Waals surface area (Å²) in [4.78, 5) is 39.0. The van der Waals surface area contributed by atoms with Crippen molar-refractivity contribution in [3.05, 3.63) is 115 Å². The summed E-state index contributed by atoms with van der Waals surface area (Å²) < 4.78 is 3.43. The summed E-state index contributed by atoms with van der Waals surface area (Å²) in [5, 5.41) is 0.409. The van der Waals surface area contributed by atoms with E-state index in [-0.39, 0.29) is 24.4 Å². The summed E-state index contributed by atoms with van der Waals surface area (Å²) >= 11 is 3.35. The first-order chi connectivity index (χ1) is 14.0. The van der Waals surface area contributed by atoms with Gasteiger partial charge in [-0.25, -0.2) is 4.79 Å². The molecule has 0 N–H and O–H groups in total. The number of nitrogens with zero attached hydrogens (tertiary/aromatic N) is 2. The van der Waals surface area contributed by atoms with E-state index < -0.39 is 5.69 Å². The number of carbonyl (C=O) groups is 1. The first-order valence-electron chi connectivity index (χ1n) is 9.09. The summed E-state index contributed by atoms with van der Waals surface area (Å²) in [6.45, 7) is 0.00582. The normalized spacial score (nSPS) is 10.9. The standard InChI is InChI=1S/C23H17BrN2O3/c24-18-12-10-17(11-13-18)21(27)15-25-20-9-5-4-8-19(20)22(28)26(23(25)29)14-16-6-2-1-3-7-16/h1-13H,14-15H2. The van der Waals surface area contributed by atoms with Crippen LogP contribution in [0.15, 0.2) is 92.9 Å². The quantitative estimate of drug-likeness (QED) is 0.435. The number of halogens is 1.